The molecule has 1 saturated carbocycles. The van der Waals surface area contributed by atoms with E-state index in [4.69, 9.17) is 0 Å². The van der Waals surface area contributed by atoms with Gasteiger partial charge < -0.3 is 5.32 Å². The van der Waals surface area contributed by atoms with Crippen molar-refractivity contribution in [2.75, 3.05) is 7.05 Å². The highest BCUT2D eigenvalue weighted by Crippen LogP contribution is 2.28. The zero-order valence-corrected chi connectivity index (χ0v) is 10.2. The van der Waals surface area contributed by atoms with Gasteiger partial charge in [-0.25, -0.2) is 0 Å². The molecule has 0 aromatic rings. The smallest absolute Gasteiger partial charge is 0.00667 e. The highest BCUT2D eigenvalue weighted by atomic mass is 14.9. The van der Waals surface area contributed by atoms with Gasteiger partial charge in [0.25, 0.3) is 0 Å². The molecule has 1 N–H and O–H groups in total. The Morgan fingerprint density at radius 2 is 2.07 bits per heavy atom. The third-order valence-electron chi connectivity index (χ3n) is 3.58. The third-order valence-corrected chi connectivity index (χ3v) is 3.58. The van der Waals surface area contributed by atoms with E-state index >= 15 is 0 Å². The first-order valence-corrected chi connectivity index (χ1v) is 6.39. The SMILES string of the molecule is CNC1CCCC(CCCC(C)C)C1. The predicted molar refractivity (Wildman–Crippen MR) is 63.5 cm³/mol. The minimum absolute atomic E-state index is 0.813. The Balaban J connectivity index is 2.11. The molecule has 1 aliphatic rings. The second-order valence-corrected chi connectivity index (χ2v) is 5.34. The number of nitrogens with one attached hydrogen (secondary N) is 1. The van der Waals surface area contributed by atoms with Crippen LogP contribution in [0.5, 0.6) is 0 Å². The first-order chi connectivity index (χ1) is 6.72. The van der Waals surface area contributed by atoms with Crippen molar-refractivity contribution in [2.45, 2.75) is 64.8 Å². The highest BCUT2D eigenvalue weighted by Gasteiger charge is 2.19. The number of rotatable bonds is 5. The molecule has 0 aromatic heterocycles. The minimum Gasteiger partial charge on any atom is -0.317 e. The van der Waals surface area contributed by atoms with E-state index in [9.17, 15) is 0 Å². The minimum atomic E-state index is 0.813. The summed E-state index contributed by atoms with van der Waals surface area (Å²) in [6, 6.07) is 0.813. The van der Waals surface area contributed by atoms with Crippen molar-refractivity contribution < 1.29 is 0 Å². The van der Waals surface area contributed by atoms with Gasteiger partial charge in [-0.3, -0.25) is 0 Å². The highest BCUT2D eigenvalue weighted by molar-refractivity contribution is 4.76. The molecule has 1 nitrogen and oxygen atoms in total. The van der Waals surface area contributed by atoms with Crippen LogP contribution in [-0.4, -0.2) is 13.1 Å². The average Bonchev–Trinajstić information content (AvgIpc) is 2.18. The first kappa shape index (κ1) is 12.0. The van der Waals surface area contributed by atoms with Gasteiger partial charge in [-0.2, -0.15) is 0 Å². The zero-order chi connectivity index (χ0) is 10.4. The molecule has 0 heterocycles. The molecule has 0 aromatic carbocycles. The fourth-order valence-corrected chi connectivity index (χ4v) is 2.63. The molecule has 1 rings (SSSR count). The Morgan fingerprint density at radius 3 is 2.71 bits per heavy atom. The molecule has 1 heteroatoms. The van der Waals surface area contributed by atoms with Crippen LogP contribution in [-0.2, 0) is 0 Å². The van der Waals surface area contributed by atoms with Crippen LogP contribution in [0.15, 0.2) is 0 Å². The normalized spacial score (nSPS) is 28.3. The number of hydrogen-bond acceptors (Lipinski definition) is 1. The second-order valence-electron chi connectivity index (χ2n) is 5.34. The van der Waals surface area contributed by atoms with Crippen molar-refractivity contribution >= 4 is 0 Å². The van der Waals surface area contributed by atoms with E-state index in [-0.39, 0.29) is 0 Å². The van der Waals surface area contributed by atoms with Crippen molar-refractivity contribution in [1.29, 1.82) is 0 Å². The summed E-state index contributed by atoms with van der Waals surface area (Å²) in [5.74, 6) is 1.90. The van der Waals surface area contributed by atoms with Crippen LogP contribution in [0.25, 0.3) is 0 Å². The summed E-state index contributed by atoms with van der Waals surface area (Å²) >= 11 is 0. The van der Waals surface area contributed by atoms with Crippen LogP contribution in [0.4, 0.5) is 0 Å². The van der Waals surface area contributed by atoms with Gasteiger partial charge in [-0.15, -0.1) is 0 Å². The summed E-state index contributed by atoms with van der Waals surface area (Å²) in [5, 5.41) is 3.43. The largest absolute Gasteiger partial charge is 0.317 e. The molecular weight excluding hydrogens is 170 g/mol. The van der Waals surface area contributed by atoms with E-state index < -0.39 is 0 Å². The van der Waals surface area contributed by atoms with E-state index in [1.807, 2.05) is 0 Å². The van der Waals surface area contributed by atoms with Crippen molar-refractivity contribution in [1.82, 2.24) is 5.32 Å². The topological polar surface area (TPSA) is 12.0 Å². The third kappa shape index (κ3) is 4.45. The summed E-state index contributed by atoms with van der Waals surface area (Å²) in [6.07, 6.45) is 10.1. The van der Waals surface area contributed by atoms with Crippen LogP contribution in [0, 0.1) is 11.8 Å². The van der Waals surface area contributed by atoms with Gasteiger partial charge >= 0.3 is 0 Å². The van der Waals surface area contributed by atoms with Crippen molar-refractivity contribution in [2.24, 2.45) is 11.8 Å². The van der Waals surface area contributed by atoms with Gasteiger partial charge in [-0.1, -0.05) is 46.0 Å². The molecule has 2 atom stereocenters. The Hall–Kier alpha value is -0.0400. The quantitative estimate of drug-likeness (QED) is 0.710. The fourth-order valence-electron chi connectivity index (χ4n) is 2.63. The Labute approximate surface area is 89.7 Å². The van der Waals surface area contributed by atoms with Crippen LogP contribution < -0.4 is 5.32 Å². The zero-order valence-electron chi connectivity index (χ0n) is 10.2. The maximum absolute atomic E-state index is 3.43. The van der Waals surface area contributed by atoms with Crippen LogP contribution >= 0.6 is 0 Å². The van der Waals surface area contributed by atoms with E-state index in [0.29, 0.717) is 0 Å². The molecular formula is C13H27N. The summed E-state index contributed by atoms with van der Waals surface area (Å²) in [4.78, 5) is 0. The van der Waals surface area contributed by atoms with Crippen LogP contribution in [0.2, 0.25) is 0 Å². The lowest BCUT2D eigenvalue weighted by Crippen LogP contribution is -2.31. The van der Waals surface area contributed by atoms with E-state index in [2.05, 4.69) is 26.2 Å². The van der Waals surface area contributed by atoms with Gasteiger partial charge in [0.2, 0.25) is 0 Å². The Bertz CT molecular complexity index is 142. The summed E-state index contributed by atoms with van der Waals surface area (Å²) < 4.78 is 0. The molecule has 0 amide bonds. The van der Waals surface area contributed by atoms with Gasteiger partial charge in [-0.05, 0) is 31.7 Å². The lowest BCUT2D eigenvalue weighted by Gasteiger charge is -2.29. The monoisotopic (exact) mass is 197 g/mol. The summed E-state index contributed by atoms with van der Waals surface area (Å²) in [7, 11) is 2.11. The molecule has 2 unspecified atom stereocenters. The Morgan fingerprint density at radius 1 is 1.29 bits per heavy atom. The lowest BCUT2D eigenvalue weighted by molar-refractivity contribution is 0.273. The average molecular weight is 197 g/mol. The van der Waals surface area contributed by atoms with Crippen LogP contribution in [0.3, 0.4) is 0 Å². The maximum Gasteiger partial charge on any atom is 0.00667 e. The van der Waals surface area contributed by atoms with Crippen molar-refractivity contribution in [3.63, 3.8) is 0 Å². The van der Waals surface area contributed by atoms with Crippen molar-refractivity contribution in [3.05, 3.63) is 0 Å². The second kappa shape index (κ2) is 6.44. The molecule has 84 valence electrons. The van der Waals surface area contributed by atoms with Gasteiger partial charge in [0, 0.05) is 6.04 Å². The molecule has 1 fully saturated rings. The molecule has 0 aliphatic heterocycles. The van der Waals surface area contributed by atoms with Crippen LogP contribution in [0.1, 0.15) is 58.8 Å². The molecule has 0 spiro atoms. The van der Waals surface area contributed by atoms with E-state index in [1.165, 1.54) is 44.9 Å². The Kier molecular flexibility index (Phi) is 5.54. The van der Waals surface area contributed by atoms with Gasteiger partial charge in [0.05, 0.1) is 0 Å². The fraction of sp³-hybridized carbons (Fsp3) is 1.00. The summed E-state index contributed by atoms with van der Waals surface area (Å²) in [5.41, 5.74) is 0. The standard InChI is InChI=1S/C13H27N/c1-11(2)6-4-7-12-8-5-9-13(10-12)14-3/h11-14H,4-10H2,1-3H3. The molecule has 0 bridgehead atoms. The summed E-state index contributed by atoms with van der Waals surface area (Å²) in [6.45, 7) is 4.66. The molecule has 1 aliphatic carbocycles. The first-order valence-electron chi connectivity index (χ1n) is 6.39. The van der Waals surface area contributed by atoms with E-state index in [1.54, 1.807) is 0 Å². The molecule has 0 radical (unpaired) electrons. The van der Waals surface area contributed by atoms with Crippen molar-refractivity contribution in [3.8, 4) is 0 Å². The maximum atomic E-state index is 3.43. The molecule has 0 saturated heterocycles. The predicted octanol–water partition coefficient (Wildman–Crippen LogP) is 3.59. The molecule has 14 heavy (non-hydrogen) atoms. The lowest BCUT2D eigenvalue weighted by atomic mass is 9.82. The van der Waals surface area contributed by atoms with Gasteiger partial charge in [0.15, 0.2) is 0 Å². The van der Waals surface area contributed by atoms with Gasteiger partial charge in [0.1, 0.15) is 0 Å². The number of hydrogen-bond donors (Lipinski definition) is 1. The van der Waals surface area contributed by atoms with E-state index in [0.717, 1.165) is 17.9 Å².